The molecular formula is C14H20N2O3S. The first-order chi connectivity index (χ1) is 9.44. The van der Waals surface area contributed by atoms with Gasteiger partial charge in [0.15, 0.2) is 9.84 Å². The molecule has 0 saturated carbocycles. The number of hydrogen-bond acceptors (Lipinski definition) is 4. The number of aryl methyl sites for hydroxylation is 1. The first-order valence-electron chi connectivity index (χ1n) is 6.71. The van der Waals surface area contributed by atoms with Crippen molar-refractivity contribution < 1.29 is 13.2 Å². The molecule has 1 amide bonds. The summed E-state index contributed by atoms with van der Waals surface area (Å²) in [5.41, 5.74) is 2.22. The van der Waals surface area contributed by atoms with Crippen LogP contribution < -0.4 is 10.6 Å². The zero-order valence-electron chi connectivity index (χ0n) is 11.6. The lowest BCUT2D eigenvalue weighted by Gasteiger charge is -2.11. The normalized spacial score (nSPS) is 20.8. The Morgan fingerprint density at radius 2 is 2.20 bits per heavy atom. The molecule has 0 bridgehead atoms. The molecule has 1 unspecified atom stereocenters. The first kappa shape index (κ1) is 15.0. The Morgan fingerprint density at radius 1 is 1.40 bits per heavy atom. The predicted octanol–water partition coefficient (Wildman–Crippen LogP) is 0.388. The van der Waals surface area contributed by atoms with Crippen LogP contribution in [-0.2, 0) is 21.2 Å². The molecule has 6 heteroatoms. The highest BCUT2D eigenvalue weighted by Crippen LogP contribution is 2.10. The van der Waals surface area contributed by atoms with Gasteiger partial charge in [0.25, 0.3) is 0 Å². The molecule has 0 spiro atoms. The summed E-state index contributed by atoms with van der Waals surface area (Å²) in [6.45, 7) is 2.66. The van der Waals surface area contributed by atoms with Gasteiger partial charge in [-0.05, 0) is 18.9 Å². The third kappa shape index (κ3) is 4.61. The van der Waals surface area contributed by atoms with E-state index in [4.69, 9.17) is 0 Å². The Morgan fingerprint density at radius 3 is 2.85 bits per heavy atom. The Labute approximate surface area is 119 Å². The summed E-state index contributed by atoms with van der Waals surface area (Å²) in [5.74, 6) is 0.240. The summed E-state index contributed by atoms with van der Waals surface area (Å²) in [4.78, 5) is 11.7. The number of carbonyl (C=O) groups excluding carboxylic acids is 1. The fraction of sp³-hybridized carbons (Fsp3) is 0.500. The molecule has 1 heterocycles. The maximum atomic E-state index is 11.7. The van der Waals surface area contributed by atoms with Gasteiger partial charge in [-0.2, -0.15) is 0 Å². The number of nitrogens with one attached hydrogen (secondary N) is 2. The van der Waals surface area contributed by atoms with Crippen molar-refractivity contribution in [1.82, 2.24) is 10.6 Å². The topological polar surface area (TPSA) is 75.3 Å². The Hall–Kier alpha value is -1.40. The van der Waals surface area contributed by atoms with Gasteiger partial charge in [-0.25, -0.2) is 8.42 Å². The van der Waals surface area contributed by atoms with Gasteiger partial charge in [0.2, 0.25) is 5.91 Å². The number of rotatable bonds is 5. The fourth-order valence-electron chi connectivity index (χ4n) is 2.28. The molecule has 1 aliphatic rings. The molecule has 1 aromatic carbocycles. The summed E-state index contributed by atoms with van der Waals surface area (Å²) >= 11 is 0. The SMILES string of the molecule is Cc1cccc(CNC(=O)CNC2CCS(=O)(=O)C2)c1. The van der Waals surface area contributed by atoms with E-state index in [-0.39, 0.29) is 30.0 Å². The fourth-order valence-corrected chi connectivity index (χ4v) is 3.99. The molecule has 110 valence electrons. The van der Waals surface area contributed by atoms with Crippen molar-refractivity contribution in [3.8, 4) is 0 Å². The molecule has 2 N–H and O–H groups in total. The second-order valence-corrected chi connectivity index (χ2v) is 7.48. The second-order valence-electron chi connectivity index (χ2n) is 5.25. The van der Waals surface area contributed by atoms with Crippen LogP contribution in [0.5, 0.6) is 0 Å². The molecule has 20 heavy (non-hydrogen) atoms. The highest BCUT2D eigenvalue weighted by Gasteiger charge is 2.27. The molecule has 0 aliphatic carbocycles. The Bertz CT molecular complexity index is 584. The highest BCUT2D eigenvalue weighted by atomic mass is 32.2. The highest BCUT2D eigenvalue weighted by molar-refractivity contribution is 7.91. The van der Waals surface area contributed by atoms with Crippen molar-refractivity contribution in [3.05, 3.63) is 35.4 Å². The Kier molecular flexibility index (Phi) is 4.77. The standard InChI is InChI=1S/C14H20N2O3S/c1-11-3-2-4-12(7-11)8-16-14(17)9-15-13-5-6-20(18,19)10-13/h2-4,7,13,15H,5-6,8-10H2,1H3,(H,16,17). The van der Waals surface area contributed by atoms with Crippen LogP contribution >= 0.6 is 0 Å². The summed E-state index contributed by atoms with van der Waals surface area (Å²) in [5, 5.41) is 5.81. The molecule has 5 nitrogen and oxygen atoms in total. The van der Waals surface area contributed by atoms with Crippen LogP contribution in [0.4, 0.5) is 0 Å². The van der Waals surface area contributed by atoms with E-state index < -0.39 is 9.84 Å². The quantitative estimate of drug-likeness (QED) is 0.824. The van der Waals surface area contributed by atoms with Gasteiger partial charge >= 0.3 is 0 Å². The largest absolute Gasteiger partial charge is 0.351 e. The summed E-state index contributed by atoms with van der Waals surface area (Å²) in [7, 11) is -2.90. The lowest BCUT2D eigenvalue weighted by atomic mass is 10.1. The van der Waals surface area contributed by atoms with E-state index in [1.165, 1.54) is 0 Å². The van der Waals surface area contributed by atoms with E-state index in [1.54, 1.807) is 0 Å². The molecule has 1 atom stereocenters. The lowest BCUT2D eigenvalue weighted by Crippen LogP contribution is -2.39. The average molecular weight is 296 g/mol. The van der Waals surface area contributed by atoms with Gasteiger partial charge in [0.1, 0.15) is 0 Å². The average Bonchev–Trinajstić information content (AvgIpc) is 2.74. The Balaban J connectivity index is 1.71. The van der Waals surface area contributed by atoms with Crippen molar-refractivity contribution >= 4 is 15.7 Å². The van der Waals surface area contributed by atoms with Crippen molar-refractivity contribution in [2.75, 3.05) is 18.1 Å². The van der Waals surface area contributed by atoms with Crippen molar-refractivity contribution in [3.63, 3.8) is 0 Å². The van der Waals surface area contributed by atoms with E-state index in [9.17, 15) is 13.2 Å². The second kappa shape index (κ2) is 6.37. The molecule has 0 aromatic heterocycles. The van der Waals surface area contributed by atoms with Crippen LogP contribution in [0.15, 0.2) is 24.3 Å². The molecule has 1 fully saturated rings. The molecular weight excluding hydrogens is 276 g/mol. The van der Waals surface area contributed by atoms with E-state index >= 15 is 0 Å². The minimum Gasteiger partial charge on any atom is -0.351 e. The predicted molar refractivity (Wildman–Crippen MR) is 78.1 cm³/mol. The third-order valence-electron chi connectivity index (χ3n) is 3.36. The maximum Gasteiger partial charge on any atom is 0.234 e. The summed E-state index contributed by atoms with van der Waals surface area (Å²) < 4.78 is 22.6. The van der Waals surface area contributed by atoms with E-state index in [0.717, 1.165) is 11.1 Å². The van der Waals surface area contributed by atoms with Crippen molar-refractivity contribution in [2.45, 2.75) is 25.9 Å². The van der Waals surface area contributed by atoms with Crippen LogP contribution in [-0.4, -0.2) is 38.4 Å². The lowest BCUT2D eigenvalue weighted by molar-refractivity contribution is -0.120. The number of benzene rings is 1. The van der Waals surface area contributed by atoms with Gasteiger partial charge in [-0.1, -0.05) is 29.8 Å². The van der Waals surface area contributed by atoms with E-state index in [0.29, 0.717) is 13.0 Å². The van der Waals surface area contributed by atoms with Crippen LogP contribution in [0.2, 0.25) is 0 Å². The monoisotopic (exact) mass is 296 g/mol. The van der Waals surface area contributed by atoms with Crippen LogP contribution in [0.25, 0.3) is 0 Å². The van der Waals surface area contributed by atoms with Crippen LogP contribution in [0.3, 0.4) is 0 Å². The van der Waals surface area contributed by atoms with Gasteiger partial charge in [-0.3, -0.25) is 4.79 Å². The minimum absolute atomic E-state index is 0.0929. The number of carbonyl (C=O) groups is 1. The van der Waals surface area contributed by atoms with Crippen molar-refractivity contribution in [1.29, 1.82) is 0 Å². The molecule has 0 radical (unpaired) electrons. The van der Waals surface area contributed by atoms with Gasteiger partial charge in [0.05, 0.1) is 18.1 Å². The molecule has 2 rings (SSSR count). The summed E-state index contributed by atoms with van der Waals surface area (Å²) in [6.07, 6.45) is 0.591. The maximum absolute atomic E-state index is 11.7. The van der Waals surface area contributed by atoms with Gasteiger partial charge < -0.3 is 10.6 Å². The van der Waals surface area contributed by atoms with Crippen LogP contribution in [0, 0.1) is 6.92 Å². The van der Waals surface area contributed by atoms with E-state index in [1.807, 2.05) is 31.2 Å². The molecule has 1 saturated heterocycles. The molecule has 1 aliphatic heterocycles. The molecule has 1 aromatic rings. The van der Waals surface area contributed by atoms with Crippen LogP contribution in [0.1, 0.15) is 17.5 Å². The number of amides is 1. The minimum atomic E-state index is -2.90. The summed E-state index contributed by atoms with van der Waals surface area (Å²) in [6, 6.07) is 7.86. The van der Waals surface area contributed by atoms with Crippen molar-refractivity contribution in [2.24, 2.45) is 0 Å². The van der Waals surface area contributed by atoms with E-state index in [2.05, 4.69) is 10.6 Å². The third-order valence-corrected chi connectivity index (χ3v) is 5.12. The zero-order chi connectivity index (χ0) is 14.6. The van der Waals surface area contributed by atoms with Gasteiger partial charge in [-0.15, -0.1) is 0 Å². The van der Waals surface area contributed by atoms with Gasteiger partial charge in [0, 0.05) is 12.6 Å². The number of sulfone groups is 1. The zero-order valence-corrected chi connectivity index (χ0v) is 12.4. The smallest absolute Gasteiger partial charge is 0.234 e. The first-order valence-corrected chi connectivity index (χ1v) is 8.53. The number of hydrogen-bond donors (Lipinski definition) is 2.